The highest BCUT2D eigenvalue weighted by Crippen LogP contribution is 2.28. The Morgan fingerprint density at radius 1 is 1.19 bits per heavy atom. The lowest BCUT2D eigenvalue weighted by Crippen LogP contribution is -2.06. The molecular weight excluding hydrogens is 281 g/mol. The zero-order valence-corrected chi connectivity index (χ0v) is 11.7. The number of pyridine rings is 1. The van der Waals surface area contributed by atoms with Gasteiger partial charge in [-0.3, -0.25) is 0 Å². The van der Waals surface area contributed by atoms with Crippen LogP contribution in [0.3, 0.4) is 0 Å². The first-order chi connectivity index (χ1) is 10.0. The van der Waals surface area contributed by atoms with E-state index in [1.165, 1.54) is 6.07 Å². The Morgan fingerprint density at radius 2 is 1.95 bits per heavy atom. The summed E-state index contributed by atoms with van der Waals surface area (Å²) in [6.45, 7) is 3.94. The van der Waals surface area contributed by atoms with Crippen molar-refractivity contribution in [3.63, 3.8) is 0 Å². The highest BCUT2D eigenvalue weighted by atomic mass is 19.1. The van der Waals surface area contributed by atoms with Crippen molar-refractivity contribution in [3.05, 3.63) is 47.3 Å². The summed E-state index contributed by atoms with van der Waals surface area (Å²) in [5, 5.41) is 2.72. The highest BCUT2D eigenvalue weighted by molar-refractivity contribution is 5.41. The Kier molecular flexibility index (Phi) is 4.67. The Balaban J connectivity index is 2.33. The van der Waals surface area contributed by atoms with Gasteiger partial charge in [0.2, 0.25) is 0 Å². The molecule has 0 spiro atoms. The van der Waals surface area contributed by atoms with Crippen LogP contribution in [0.25, 0.3) is 0 Å². The van der Waals surface area contributed by atoms with Gasteiger partial charge in [0, 0.05) is 12.6 Å². The molecule has 6 heteroatoms. The van der Waals surface area contributed by atoms with Crippen LogP contribution < -0.4 is 10.1 Å². The normalized spacial score (nSPS) is 10.5. The third-order valence-electron chi connectivity index (χ3n) is 2.80. The third-order valence-corrected chi connectivity index (χ3v) is 2.80. The Labute approximate surface area is 120 Å². The maximum atomic E-state index is 13.8. The van der Waals surface area contributed by atoms with Crippen molar-refractivity contribution in [3.8, 4) is 11.6 Å². The van der Waals surface area contributed by atoms with E-state index in [0.29, 0.717) is 18.2 Å². The van der Waals surface area contributed by atoms with Gasteiger partial charge in [-0.2, -0.15) is 4.98 Å². The largest absolute Gasteiger partial charge is 0.433 e. The molecule has 0 aliphatic carbocycles. The van der Waals surface area contributed by atoms with Crippen LogP contribution in [0.2, 0.25) is 0 Å². The monoisotopic (exact) mass is 296 g/mol. The number of anilines is 1. The molecule has 2 rings (SSSR count). The van der Waals surface area contributed by atoms with Crippen LogP contribution in [-0.4, -0.2) is 11.5 Å². The quantitative estimate of drug-likeness (QED) is 0.886. The maximum absolute atomic E-state index is 13.8. The zero-order valence-electron chi connectivity index (χ0n) is 11.7. The van der Waals surface area contributed by atoms with Gasteiger partial charge in [-0.15, -0.1) is 0 Å². The minimum absolute atomic E-state index is 0.124. The average molecular weight is 296 g/mol. The topological polar surface area (TPSA) is 34.2 Å². The summed E-state index contributed by atoms with van der Waals surface area (Å²) in [6, 6.07) is 5.15. The predicted octanol–water partition coefficient (Wildman–Crippen LogP) is 4.42. The average Bonchev–Trinajstić information content (AvgIpc) is 2.45. The number of halogens is 3. The number of hydrogen-bond donors (Lipinski definition) is 1. The molecule has 0 atom stereocenters. The second-order valence-electron chi connectivity index (χ2n) is 4.52. The van der Waals surface area contributed by atoms with Crippen molar-refractivity contribution in [2.75, 3.05) is 11.9 Å². The molecule has 2 aromatic rings. The summed E-state index contributed by atoms with van der Waals surface area (Å²) in [6.07, 6.45) is 0.751. The lowest BCUT2D eigenvalue weighted by atomic mass is 10.2. The molecule has 1 aromatic carbocycles. The molecular formula is C15H15F3N2O. The van der Waals surface area contributed by atoms with Crippen LogP contribution in [0.1, 0.15) is 18.9 Å². The number of ether oxygens (including phenoxy) is 1. The van der Waals surface area contributed by atoms with Gasteiger partial charge in [0.25, 0.3) is 5.88 Å². The molecule has 0 unspecified atom stereocenters. The molecule has 1 aromatic heterocycles. The summed E-state index contributed by atoms with van der Waals surface area (Å²) < 4.78 is 46.2. The van der Waals surface area contributed by atoms with E-state index in [4.69, 9.17) is 4.74 Å². The fraction of sp³-hybridized carbons (Fsp3) is 0.267. The molecule has 1 heterocycles. The van der Waals surface area contributed by atoms with Crippen LogP contribution in [0.5, 0.6) is 11.6 Å². The van der Waals surface area contributed by atoms with Crippen molar-refractivity contribution in [2.45, 2.75) is 20.3 Å². The number of nitrogens with one attached hydrogen (secondary N) is 1. The fourth-order valence-corrected chi connectivity index (χ4v) is 1.69. The van der Waals surface area contributed by atoms with E-state index in [2.05, 4.69) is 10.3 Å². The SMILES string of the molecule is CCCNc1nc(Oc2cccc(C)c2F)c(F)cc1F. The number of hydrogen-bond acceptors (Lipinski definition) is 3. The molecule has 0 saturated carbocycles. The molecule has 0 saturated heterocycles. The smallest absolute Gasteiger partial charge is 0.258 e. The van der Waals surface area contributed by atoms with Gasteiger partial charge in [0.05, 0.1) is 0 Å². The predicted molar refractivity (Wildman–Crippen MR) is 74.1 cm³/mol. The number of rotatable bonds is 5. The van der Waals surface area contributed by atoms with E-state index in [1.807, 2.05) is 6.92 Å². The first-order valence-corrected chi connectivity index (χ1v) is 6.55. The van der Waals surface area contributed by atoms with Gasteiger partial charge in [0.15, 0.2) is 29.0 Å². The third kappa shape index (κ3) is 3.45. The van der Waals surface area contributed by atoms with Gasteiger partial charge in [0.1, 0.15) is 0 Å². The zero-order chi connectivity index (χ0) is 15.4. The van der Waals surface area contributed by atoms with E-state index in [9.17, 15) is 13.2 Å². The second kappa shape index (κ2) is 6.47. The Bertz CT molecular complexity index is 647. The number of aryl methyl sites for hydroxylation is 1. The molecule has 1 N–H and O–H groups in total. The number of benzene rings is 1. The summed E-state index contributed by atoms with van der Waals surface area (Å²) in [7, 11) is 0. The highest BCUT2D eigenvalue weighted by Gasteiger charge is 2.15. The maximum Gasteiger partial charge on any atom is 0.258 e. The standard InChI is InChI=1S/C15H15F3N2O/c1-3-7-19-14-10(16)8-11(17)15(20-14)21-12-6-4-5-9(2)13(12)18/h4-6,8H,3,7H2,1-2H3,(H,19,20). The molecule has 0 amide bonds. The van der Waals surface area contributed by atoms with E-state index >= 15 is 0 Å². The minimum Gasteiger partial charge on any atom is -0.433 e. The number of aromatic nitrogens is 1. The molecule has 0 radical (unpaired) electrons. The molecule has 0 aliphatic heterocycles. The van der Waals surface area contributed by atoms with Gasteiger partial charge in [-0.1, -0.05) is 19.1 Å². The minimum atomic E-state index is -0.990. The summed E-state index contributed by atoms with van der Waals surface area (Å²) in [5.74, 6) is -3.17. The second-order valence-corrected chi connectivity index (χ2v) is 4.52. The van der Waals surface area contributed by atoms with E-state index < -0.39 is 23.3 Å². The van der Waals surface area contributed by atoms with Crippen LogP contribution >= 0.6 is 0 Å². The van der Waals surface area contributed by atoms with Gasteiger partial charge >= 0.3 is 0 Å². The summed E-state index contributed by atoms with van der Waals surface area (Å²) >= 11 is 0. The van der Waals surface area contributed by atoms with Crippen molar-refractivity contribution >= 4 is 5.82 Å². The lowest BCUT2D eigenvalue weighted by Gasteiger charge is -2.11. The molecule has 0 fully saturated rings. The molecule has 3 nitrogen and oxygen atoms in total. The molecule has 0 bridgehead atoms. The molecule has 112 valence electrons. The Morgan fingerprint density at radius 3 is 2.67 bits per heavy atom. The Hall–Kier alpha value is -2.24. The van der Waals surface area contributed by atoms with Crippen LogP contribution in [0, 0.1) is 24.4 Å². The van der Waals surface area contributed by atoms with Crippen molar-refractivity contribution in [1.82, 2.24) is 4.98 Å². The van der Waals surface area contributed by atoms with Crippen molar-refractivity contribution in [2.24, 2.45) is 0 Å². The van der Waals surface area contributed by atoms with Crippen LogP contribution in [-0.2, 0) is 0 Å². The molecule has 0 aliphatic rings. The summed E-state index contributed by atoms with van der Waals surface area (Å²) in [4.78, 5) is 3.73. The van der Waals surface area contributed by atoms with Crippen LogP contribution in [0.15, 0.2) is 24.3 Å². The first kappa shape index (κ1) is 15.2. The van der Waals surface area contributed by atoms with Gasteiger partial charge in [-0.05, 0) is 25.0 Å². The lowest BCUT2D eigenvalue weighted by molar-refractivity contribution is 0.394. The first-order valence-electron chi connectivity index (χ1n) is 6.55. The van der Waals surface area contributed by atoms with Gasteiger partial charge in [-0.25, -0.2) is 13.2 Å². The van der Waals surface area contributed by atoms with E-state index in [0.717, 1.165) is 6.42 Å². The van der Waals surface area contributed by atoms with Crippen molar-refractivity contribution < 1.29 is 17.9 Å². The summed E-state index contributed by atoms with van der Waals surface area (Å²) in [5.41, 5.74) is 0.361. The fourth-order valence-electron chi connectivity index (χ4n) is 1.69. The van der Waals surface area contributed by atoms with E-state index in [1.54, 1.807) is 19.1 Å². The van der Waals surface area contributed by atoms with Gasteiger partial charge < -0.3 is 10.1 Å². The van der Waals surface area contributed by atoms with E-state index in [-0.39, 0.29) is 11.6 Å². The number of nitrogens with zero attached hydrogens (tertiary/aromatic N) is 1. The van der Waals surface area contributed by atoms with Crippen LogP contribution in [0.4, 0.5) is 19.0 Å². The van der Waals surface area contributed by atoms with Crippen molar-refractivity contribution in [1.29, 1.82) is 0 Å². The molecule has 21 heavy (non-hydrogen) atoms.